The first-order chi connectivity index (χ1) is 8.27. The molecule has 104 valence electrons. The predicted octanol–water partition coefficient (Wildman–Crippen LogP) is 3.00. The van der Waals surface area contributed by atoms with Crippen molar-refractivity contribution in [1.82, 2.24) is 9.80 Å². The largest absolute Gasteiger partial charge is 0.340 e. The molecule has 1 heterocycles. The number of rotatable bonds is 3. The Labute approximate surface area is 108 Å². The molecule has 17 heavy (non-hydrogen) atoms. The number of amides is 1. The lowest BCUT2D eigenvalue weighted by Gasteiger charge is -2.34. The Balaban J connectivity index is 0. The summed E-state index contributed by atoms with van der Waals surface area (Å²) in [6, 6.07) is 0. The van der Waals surface area contributed by atoms with Crippen molar-refractivity contribution in [2.75, 3.05) is 32.7 Å². The Hall–Kier alpha value is -0.570. The van der Waals surface area contributed by atoms with Gasteiger partial charge in [0.1, 0.15) is 0 Å². The molecule has 0 spiro atoms. The van der Waals surface area contributed by atoms with Gasteiger partial charge in [-0.2, -0.15) is 0 Å². The molecule has 0 unspecified atom stereocenters. The molecule has 0 N–H and O–H groups in total. The van der Waals surface area contributed by atoms with Crippen LogP contribution in [0.5, 0.6) is 0 Å². The zero-order chi connectivity index (χ0) is 13.7. The number of piperazine rings is 1. The van der Waals surface area contributed by atoms with Gasteiger partial charge in [-0.25, -0.2) is 0 Å². The summed E-state index contributed by atoms with van der Waals surface area (Å²) >= 11 is 0. The van der Waals surface area contributed by atoms with Crippen LogP contribution in [0.2, 0.25) is 0 Å². The molecule has 1 rings (SSSR count). The van der Waals surface area contributed by atoms with Crippen LogP contribution in [0.15, 0.2) is 0 Å². The van der Waals surface area contributed by atoms with Gasteiger partial charge in [0.05, 0.1) is 0 Å². The van der Waals surface area contributed by atoms with Crippen molar-refractivity contribution in [3.63, 3.8) is 0 Å². The van der Waals surface area contributed by atoms with Crippen molar-refractivity contribution in [3.8, 4) is 0 Å². The highest BCUT2D eigenvalue weighted by atomic mass is 16.2. The lowest BCUT2D eigenvalue weighted by molar-refractivity contribution is -0.132. The summed E-state index contributed by atoms with van der Waals surface area (Å²) < 4.78 is 0. The molecule has 1 amide bonds. The van der Waals surface area contributed by atoms with Crippen molar-refractivity contribution < 1.29 is 4.79 Å². The Morgan fingerprint density at radius 1 is 0.941 bits per heavy atom. The number of hydrogen-bond acceptors (Lipinski definition) is 2. The maximum Gasteiger partial charge on any atom is 0.222 e. The van der Waals surface area contributed by atoms with Gasteiger partial charge in [-0.3, -0.25) is 9.69 Å². The lowest BCUT2D eigenvalue weighted by atomic mass is 10.2. The summed E-state index contributed by atoms with van der Waals surface area (Å²) in [6.07, 6.45) is 1.86. The molecule has 1 saturated heterocycles. The minimum atomic E-state index is 0.302. The minimum absolute atomic E-state index is 0.302. The Kier molecular flexibility index (Phi) is 14.9. The van der Waals surface area contributed by atoms with E-state index in [4.69, 9.17) is 0 Å². The maximum absolute atomic E-state index is 11.3. The van der Waals surface area contributed by atoms with E-state index < -0.39 is 0 Å². The third-order valence-corrected chi connectivity index (χ3v) is 2.57. The summed E-state index contributed by atoms with van der Waals surface area (Å²) in [4.78, 5) is 15.7. The predicted molar refractivity (Wildman–Crippen MR) is 76.3 cm³/mol. The topological polar surface area (TPSA) is 23.6 Å². The van der Waals surface area contributed by atoms with Crippen molar-refractivity contribution in [2.45, 2.75) is 54.4 Å². The molecule has 0 aromatic heterocycles. The third kappa shape index (κ3) is 8.19. The van der Waals surface area contributed by atoms with Gasteiger partial charge in [-0.05, 0) is 13.0 Å². The highest BCUT2D eigenvalue weighted by molar-refractivity contribution is 5.75. The zero-order valence-electron chi connectivity index (χ0n) is 12.8. The lowest BCUT2D eigenvalue weighted by Crippen LogP contribution is -2.48. The van der Waals surface area contributed by atoms with E-state index in [-0.39, 0.29) is 0 Å². The Morgan fingerprint density at radius 3 is 1.76 bits per heavy atom. The van der Waals surface area contributed by atoms with Gasteiger partial charge in [0.2, 0.25) is 5.91 Å². The van der Waals surface area contributed by atoms with Crippen LogP contribution in [0.1, 0.15) is 54.4 Å². The molecule has 0 aliphatic carbocycles. The molecule has 1 aliphatic rings. The summed E-state index contributed by atoms with van der Waals surface area (Å²) in [7, 11) is 0. The van der Waals surface area contributed by atoms with Gasteiger partial charge >= 0.3 is 0 Å². The fourth-order valence-corrected chi connectivity index (χ4v) is 1.76. The minimum Gasteiger partial charge on any atom is -0.340 e. The summed E-state index contributed by atoms with van der Waals surface area (Å²) in [5.41, 5.74) is 0. The van der Waals surface area contributed by atoms with E-state index in [0.29, 0.717) is 12.3 Å². The number of carbonyl (C=O) groups is 1. The van der Waals surface area contributed by atoms with Crippen LogP contribution < -0.4 is 0 Å². The Bertz CT molecular complexity index is 164. The fourth-order valence-electron chi connectivity index (χ4n) is 1.76. The van der Waals surface area contributed by atoms with Gasteiger partial charge < -0.3 is 4.90 Å². The van der Waals surface area contributed by atoms with Gasteiger partial charge in [0.25, 0.3) is 0 Å². The van der Waals surface area contributed by atoms with E-state index in [2.05, 4.69) is 11.8 Å². The molecule has 1 fully saturated rings. The van der Waals surface area contributed by atoms with Crippen molar-refractivity contribution in [3.05, 3.63) is 0 Å². The first-order valence-corrected chi connectivity index (χ1v) is 7.28. The third-order valence-electron chi connectivity index (χ3n) is 2.57. The molecule has 0 aromatic carbocycles. The van der Waals surface area contributed by atoms with Gasteiger partial charge in [0, 0.05) is 32.6 Å². The molecule has 3 heteroatoms. The summed E-state index contributed by atoms with van der Waals surface area (Å²) in [5.74, 6) is 0.302. The highest BCUT2D eigenvalue weighted by Gasteiger charge is 2.18. The highest BCUT2D eigenvalue weighted by Crippen LogP contribution is 2.03. The SMILES string of the molecule is CC.CC.CCCN1CCN(C(=O)CC)CC1. The summed E-state index contributed by atoms with van der Waals surface area (Å²) in [6.45, 7) is 17.3. The Morgan fingerprint density at radius 2 is 1.41 bits per heavy atom. The van der Waals surface area contributed by atoms with Crippen molar-refractivity contribution in [2.24, 2.45) is 0 Å². The maximum atomic E-state index is 11.3. The summed E-state index contributed by atoms with van der Waals surface area (Å²) in [5, 5.41) is 0. The van der Waals surface area contributed by atoms with Crippen LogP contribution in [0.3, 0.4) is 0 Å². The number of hydrogen-bond donors (Lipinski definition) is 0. The average Bonchev–Trinajstić information content (AvgIpc) is 2.43. The molecule has 0 saturated carbocycles. The molecule has 3 nitrogen and oxygen atoms in total. The smallest absolute Gasteiger partial charge is 0.222 e. The second kappa shape index (κ2) is 13.5. The van der Waals surface area contributed by atoms with E-state index >= 15 is 0 Å². The molecule has 1 aliphatic heterocycles. The van der Waals surface area contributed by atoms with E-state index in [1.165, 1.54) is 13.0 Å². The first kappa shape index (κ1) is 18.8. The molecular formula is C14H32N2O. The van der Waals surface area contributed by atoms with Crippen LogP contribution in [0, 0.1) is 0 Å². The van der Waals surface area contributed by atoms with Crippen LogP contribution in [0.25, 0.3) is 0 Å². The van der Waals surface area contributed by atoms with Crippen LogP contribution >= 0.6 is 0 Å². The quantitative estimate of drug-likeness (QED) is 0.762. The molecule has 0 bridgehead atoms. The van der Waals surface area contributed by atoms with Crippen molar-refractivity contribution >= 4 is 5.91 Å². The average molecular weight is 244 g/mol. The van der Waals surface area contributed by atoms with E-state index in [1.807, 2.05) is 39.5 Å². The normalized spacial score (nSPS) is 15.3. The van der Waals surface area contributed by atoms with Crippen LogP contribution in [0.4, 0.5) is 0 Å². The fraction of sp³-hybridized carbons (Fsp3) is 0.929. The van der Waals surface area contributed by atoms with Gasteiger partial charge in [-0.1, -0.05) is 41.5 Å². The van der Waals surface area contributed by atoms with E-state index in [0.717, 1.165) is 26.2 Å². The molecule has 0 radical (unpaired) electrons. The molecular weight excluding hydrogens is 212 g/mol. The monoisotopic (exact) mass is 244 g/mol. The molecule has 0 atom stereocenters. The van der Waals surface area contributed by atoms with Gasteiger partial charge in [-0.15, -0.1) is 0 Å². The van der Waals surface area contributed by atoms with Crippen molar-refractivity contribution in [1.29, 1.82) is 0 Å². The van der Waals surface area contributed by atoms with Crippen LogP contribution in [-0.2, 0) is 4.79 Å². The second-order valence-electron chi connectivity index (χ2n) is 3.58. The van der Waals surface area contributed by atoms with E-state index in [1.54, 1.807) is 0 Å². The standard InChI is InChI=1S/C10H20N2O.2C2H6/c1-3-5-11-6-8-12(9-7-11)10(13)4-2;2*1-2/h3-9H2,1-2H3;2*1-2H3. The van der Waals surface area contributed by atoms with Gasteiger partial charge in [0.15, 0.2) is 0 Å². The number of nitrogens with zero attached hydrogens (tertiary/aromatic N) is 2. The van der Waals surface area contributed by atoms with Crippen LogP contribution in [-0.4, -0.2) is 48.4 Å². The van der Waals surface area contributed by atoms with E-state index in [9.17, 15) is 4.79 Å². The number of carbonyl (C=O) groups excluding carboxylic acids is 1. The molecule has 0 aromatic rings. The second-order valence-corrected chi connectivity index (χ2v) is 3.58. The zero-order valence-corrected chi connectivity index (χ0v) is 12.8. The first-order valence-electron chi connectivity index (χ1n) is 7.28.